The summed E-state index contributed by atoms with van der Waals surface area (Å²) >= 11 is 3.00. The van der Waals surface area contributed by atoms with Crippen LogP contribution in [0.15, 0.2) is 24.3 Å². The maximum absolute atomic E-state index is 10.9. The normalized spacial score (nSPS) is 9.67. The number of ketones is 1. The largest absolute Gasteiger partial charge is 0.545 e. The molecule has 0 bridgehead atoms. The van der Waals surface area contributed by atoms with Gasteiger partial charge >= 0.3 is 0 Å². The van der Waals surface area contributed by atoms with Gasteiger partial charge in [-0.15, -0.1) is 0 Å². The van der Waals surface area contributed by atoms with Gasteiger partial charge in [-0.05, 0) is 29.8 Å². The molecule has 1 aromatic carbocycles. The molecule has 0 radical (unpaired) electrons. The van der Waals surface area contributed by atoms with Crippen molar-refractivity contribution in [1.29, 1.82) is 0 Å². The highest BCUT2D eigenvalue weighted by Gasteiger charge is 2.00. The smallest absolute Gasteiger partial charge is 0.180 e. The molecule has 0 spiro atoms. The number of carbonyl (C=O) groups is 2. The van der Waals surface area contributed by atoms with Gasteiger partial charge in [-0.3, -0.25) is 4.79 Å². The van der Waals surface area contributed by atoms with Crippen LogP contribution in [-0.4, -0.2) is 23.7 Å². The Balaban J connectivity index is 2.57. The Morgan fingerprint density at radius 1 is 1.27 bits per heavy atom. The summed E-state index contributed by atoms with van der Waals surface area (Å²) in [5.74, 6) is -0.869. The second kappa shape index (κ2) is 5.50. The van der Waals surface area contributed by atoms with Crippen LogP contribution in [0.2, 0.25) is 0 Å². The first-order valence-electron chi connectivity index (χ1n) is 4.15. The number of carboxylic acids is 1. The third kappa shape index (κ3) is 3.71. The fourth-order valence-corrected chi connectivity index (χ4v) is 1.05. The van der Waals surface area contributed by atoms with Crippen molar-refractivity contribution in [2.45, 2.75) is 0 Å². The molecule has 0 saturated heterocycles. The fourth-order valence-electron chi connectivity index (χ4n) is 0.890. The summed E-state index contributed by atoms with van der Waals surface area (Å²) in [6.45, 7) is -0.0318. The zero-order valence-corrected chi connectivity index (χ0v) is 9.32. The van der Waals surface area contributed by atoms with Gasteiger partial charge in [-0.2, -0.15) is 0 Å². The Labute approximate surface area is 95.0 Å². The molecule has 0 saturated carbocycles. The van der Waals surface area contributed by atoms with Gasteiger partial charge in [0.1, 0.15) is 12.4 Å². The molecule has 0 amide bonds. The number of alkyl halides is 1. The van der Waals surface area contributed by atoms with Crippen LogP contribution in [0.4, 0.5) is 0 Å². The number of hydrogen-bond donors (Lipinski definition) is 0. The van der Waals surface area contributed by atoms with Crippen molar-refractivity contribution in [2.24, 2.45) is 0 Å². The van der Waals surface area contributed by atoms with E-state index in [0.717, 1.165) is 0 Å². The lowest BCUT2D eigenvalue weighted by molar-refractivity contribution is -0.255. The average Bonchev–Trinajstić information content (AvgIpc) is 2.26. The highest BCUT2D eigenvalue weighted by molar-refractivity contribution is 9.09. The minimum atomic E-state index is -1.24. The SMILES string of the molecule is O=C(CBr)COc1ccc(C(=O)[O-])cc1. The summed E-state index contributed by atoms with van der Waals surface area (Å²) in [5.41, 5.74) is 0.0779. The summed E-state index contributed by atoms with van der Waals surface area (Å²) in [5, 5.41) is 10.7. The molecular weight excluding hydrogens is 264 g/mol. The molecular formula is C10H8BrO4-. The highest BCUT2D eigenvalue weighted by Crippen LogP contribution is 2.11. The summed E-state index contributed by atoms with van der Waals surface area (Å²) in [4.78, 5) is 21.3. The molecule has 1 aromatic rings. The Morgan fingerprint density at radius 3 is 2.33 bits per heavy atom. The van der Waals surface area contributed by atoms with Crippen molar-refractivity contribution in [2.75, 3.05) is 11.9 Å². The third-order valence-electron chi connectivity index (χ3n) is 1.64. The number of aromatic carboxylic acids is 1. The number of benzene rings is 1. The Bertz CT molecular complexity index is 358. The molecule has 0 heterocycles. The monoisotopic (exact) mass is 271 g/mol. The number of rotatable bonds is 5. The molecule has 80 valence electrons. The fraction of sp³-hybridized carbons (Fsp3) is 0.200. The van der Waals surface area contributed by atoms with Gasteiger partial charge in [0.25, 0.3) is 0 Å². The van der Waals surface area contributed by atoms with E-state index in [-0.39, 0.29) is 23.3 Å². The molecule has 0 unspecified atom stereocenters. The lowest BCUT2D eigenvalue weighted by atomic mass is 10.2. The first kappa shape index (κ1) is 11.7. The minimum Gasteiger partial charge on any atom is -0.545 e. The van der Waals surface area contributed by atoms with Crippen molar-refractivity contribution < 1.29 is 19.4 Å². The maximum atomic E-state index is 10.9. The number of Topliss-reactive ketones (excluding diaryl/α,β-unsaturated/α-hetero) is 1. The van der Waals surface area contributed by atoms with Crippen molar-refractivity contribution in [3.05, 3.63) is 29.8 Å². The lowest BCUT2D eigenvalue weighted by Crippen LogP contribution is -2.22. The van der Waals surface area contributed by atoms with E-state index in [0.29, 0.717) is 5.75 Å². The summed E-state index contributed by atoms with van der Waals surface area (Å²) < 4.78 is 5.10. The van der Waals surface area contributed by atoms with Crippen LogP contribution in [0.3, 0.4) is 0 Å². The topological polar surface area (TPSA) is 66.4 Å². The van der Waals surface area contributed by atoms with Crippen LogP contribution in [0.25, 0.3) is 0 Å². The van der Waals surface area contributed by atoms with E-state index in [4.69, 9.17) is 4.74 Å². The van der Waals surface area contributed by atoms with Crippen molar-refractivity contribution in [3.63, 3.8) is 0 Å². The van der Waals surface area contributed by atoms with Crippen LogP contribution in [0, 0.1) is 0 Å². The molecule has 0 atom stereocenters. The molecule has 0 aliphatic carbocycles. The Hall–Kier alpha value is -1.36. The van der Waals surface area contributed by atoms with E-state index in [1.807, 2.05) is 0 Å². The average molecular weight is 272 g/mol. The molecule has 0 aliphatic rings. The minimum absolute atomic E-state index is 0.0318. The van der Waals surface area contributed by atoms with Gasteiger partial charge in [-0.25, -0.2) is 0 Å². The molecule has 0 N–H and O–H groups in total. The standard InChI is InChI=1S/C10H9BrO4/c11-5-8(12)6-15-9-3-1-7(2-4-9)10(13)14/h1-4H,5-6H2,(H,13,14)/p-1. The van der Waals surface area contributed by atoms with Crippen molar-refractivity contribution in [1.82, 2.24) is 0 Å². The van der Waals surface area contributed by atoms with Crippen molar-refractivity contribution in [3.8, 4) is 5.75 Å². The first-order valence-corrected chi connectivity index (χ1v) is 5.27. The van der Waals surface area contributed by atoms with E-state index in [1.165, 1.54) is 24.3 Å². The van der Waals surface area contributed by atoms with Crippen LogP contribution in [0.1, 0.15) is 10.4 Å². The number of carbonyl (C=O) groups excluding carboxylic acids is 2. The Morgan fingerprint density at radius 2 is 1.87 bits per heavy atom. The van der Waals surface area contributed by atoms with E-state index < -0.39 is 5.97 Å². The molecule has 0 aromatic heterocycles. The van der Waals surface area contributed by atoms with Gasteiger partial charge < -0.3 is 14.6 Å². The van der Waals surface area contributed by atoms with Gasteiger partial charge in [-0.1, -0.05) is 15.9 Å². The van der Waals surface area contributed by atoms with Crippen LogP contribution in [0.5, 0.6) is 5.75 Å². The summed E-state index contributed by atoms with van der Waals surface area (Å²) in [6, 6.07) is 5.69. The Kier molecular flexibility index (Phi) is 4.30. The van der Waals surface area contributed by atoms with Gasteiger partial charge in [0.05, 0.1) is 11.3 Å². The van der Waals surface area contributed by atoms with Crippen LogP contribution < -0.4 is 9.84 Å². The molecule has 15 heavy (non-hydrogen) atoms. The molecule has 0 fully saturated rings. The molecule has 4 nitrogen and oxygen atoms in total. The van der Waals surface area contributed by atoms with Gasteiger partial charge in [0.15, 0.2) is 5.78 Å². The first-order chi connectivity index (χ1) is 7.13. The van der Waals surface area contributed by atoms with Crippen LogP contribution in [-0.2, 0) is 4.79 Å². The second-order valence-corrected chi connectivity index (χ2v) is 3.33. The molecule has 0 aliphatic heterocycles. The van der Waals surface area contributed by atoms with E-state index in [9.17, 15) is 14.7 Å². The van der Waals surface area contributed by atoms with E-state index in [1.54, 1.807) is 0 Å². The molecule has 1 rings (SSSR count). The van der Waals surface area contributed by atoms with Gasteiger partial charge in [0, 0.05) is 0 Å². The molecule has 5 heteroatoms. The number of halogens is 1. The highest BCUT2D eigenvalue weighted by atomic mass is 79.9. The predicted molar refractivity (Wildman–Crippen MR) is 55.1 cm³/mol. The second-order valence-electron chi connectivity index (χ2n) is 2.77. The number of ether oxygens (including phenoxy) is 1. The van der Waals surface area contributed by atoms with Crippen molar-refractivity contribution >= 4 is 27.7 Å². The number of carboxylic acid groups (broad SMARTS) is 1. The zero-order chi connectivity index (χ0) is 11.3. The maximum Gasteiger partial charge on any atom is 0.180 e. The lowest BCUT2D eigenvalue weighted by Gasteiger charge is -2.06. The summed E-state index contributed by atoms with van der Waals surface area (Å²) in [6.07, 6.45) is 0. The van der Waals surface area contributed by atoms with Crippen LogP contribution >= 0.6 is 15.9 Å². The quantitative estimate of drug-likeness (QED) is 0.727. The van der Waals surface area contributed by atoms with Gasteiger partial charge in [0.2, 0.25) is 0 Å². The zero-order valence-electron chi connectivity index (χ0n) is 7.73. The third-order valence-corrected chi connectivity index (χ3v) is 2.26. The number of hydrogen-bond acceptors (Lipinski definition) is 4. The summed E-state index contributed by atoms with van der Waals surface area (Å²) in [7, 11) is 0. The van der Waals surface area contributed by atoms with E-state index in [2.05, 4.69) is 15.9 Å². The van der Waals surface area contributed by atoms with E-state index >= 15 is 0 Å². The predicted octanol–water partition coefficient (Wildman–Crippen LogP) is 0.393.